The van der Waals surface area contributed by atoms with Crippen molar-refractivity contribution in [3.05, 3.63) is 65.4 Å². The van der Waals surface area contributed by atoms with Crippen LogP contribution in [0.3, 0.4) is 0 Å². The van der Waals surface area contributed by atoms with Crippen LogP contribution in [0.4, 0.5) is 0 Å². The van der Waals surface area contributed by atoms with Gasteiger partial charge in [-0.3, -0.25) is 0 Å². The Balaban J connectivity index is 1.88. The maximum atomic E-state index is 11.8. The quantitative estimate of drug-likeness (QED) is 0.843. The molecule has 3 nitrogen and oxygen atoms in total. The standard InChI is InChI=1S/C21H20O3/c1-13(2)21(23)11-17-10-19(22)24-20(17)18(12-21)16-8-7-14-5-3-4-6-15(14)9-16/h3-10,13,23H,11-12H2,1-2H3. The number of carbonyl (C=O) groups excluding carboxylic acids is 1. The second-order valence-corrected chi connectivity index (χ2v) is 7.07. The van der Waals surface area contributed by atoms with Crippen molar-refractivity contribution in [2.24, 2.45) is 5.92 Å². The van der Waals surface area contributed by atoms with Crippen LogP contribution >= 0.6 is 0 Å². The monoisotopic (exact) mass is 320 g/mol. The zero-order chi connectivity index (χ0) is 16.9. The zero-order valence-corrected chi connectivity index (χ0v) is 13.9. The highest BCUT2D eigenvalue weighted by molar-refractivity contribution is 5.93. The summed E-state index contributed by atoms with van der Waals surface area (Å²) in [5.41, 5.74) is 1.87. The summed E-state index contributed by atoms with van der Waals surface area (Å²) in [6.45, 7) is 4.03. The molecule has 2 aliphatic rings. The average Bonchev–Trinajstić information content (AvgIpc) is 2.93. The van der Waals surface area contributed by atoms with Gasteiger partial charge in [0.1, 0.15) is 5.76 Å². The molecule has 122 valence electrons. The number of aliphatic hydroxyl groups is 1. The van der Waals surface area contributed by atoms with E-state index < -0.39 is 5.60 Å². The van der Waals surface area contributed by atoms with Crippen molar-refractivity contribution < 1.29 is 14.6 Å². The molecule has 4 rings (SSSR count). The summed E-state index contributed by atoms with van der Waals surface area (Å²) in [6, 6.07) is 14.4. The molecule has 24 heavy (non-hydrogen) atoms. The van der Waals surface area contributed by atoms with Crippen LogP contribution in [0.15, 0.2) is 59.9 Å². The number of rotatable bonds is 2. The van der Waals surface area contributed by atoms with Gasteiger partial charge in [0.05, 0.1) is 5.60 Å². The van der Waals surface area contributed by atoms with E-state index in [9.17, 15) is 9.90 Å². The summed E-state index contributed by atoms with van der Waals surface area (Å²) in [7, 11) is 0. The van der Waals surface area contributed by atoms with Crippen LogP contribution < -0.4 is 0 Å². The fourth-order valence-electron chi connectivity index (χ4n) is 3.59. The van der Waals surface area contributed by atoms with Crippen molar-refractivity contribution in [1.29, 1.82) is 0 Å². The van der Waals surface area contributed by atoms with Gasteiger partial charge < -0.3 is 9.84 Å². The van der Waals surface area contributed by atoms with Gasteiger partial charge in [0, 0.05) is 30.1 Å². The zero-order valence-electron chi connectivity index (χ0n) is 13.9. The number of esters is 1. The van der Waals surface area contributed by atoms with Gasteiger partial charge in [-0.2, -0.15) is 0 Å². The Morgan fingerprint density at radius 2 is 1.83 bits per heavy atom. The van der Waals surface area contributed by atoms with Crippen LogP contribution in [0, 0.1) is 5.92 Å². The predicted octanol–water partition coefficient (Wildman–Crippen LogP) is 4.22. The number of hydrogen-bond acceptors (Lipinski definition) is 3. The maximum Gasteiger partial charge on any atom is 0.336 e. The van der Waals surface area contributed by atoms with Crippen molar-refractivity contribution in [1.82, 2.24) is 0 Å². The molecular formula is C21H20O3. The number of benzene rings is 2. The van der Waals surface area contributed by atoms with Gasteiger partial charge in [0.2, 0.25) is 0 Å². The number of ether oxygens (including phenoxy) is 1. The van der Waals surface area contributed by atoms with Crippen LogP contribution in [-0.4, -0.2) is 16.7 Å². The molecule has 0 saturated heterocycles. The van der Waals surface area contributed by atoms with Gasteiger partial charge in [0.15, 0.2) is 0 Å². The van der Waals surface area contributed by atoms with E-state index >= 15 is 0 Å². The largest absolute Gasteiger partial charge is 0.423 e. The Bertz CT molecular complexity index is 904. The van der Waals surface area contributed by atoms with E-state index in [1.54, 1.807) is 0 Å². The minimum absolute atomic E-state index is 0.0890. The molecular weight excluding hydrogens is 300 g/mol. The highest BCUT2D eigenvalue weighted by atomic mass is 16.5. The van der Waals surface area contributed by atoms with E-state index in [1.807, 2.05) is 32.0 Å². The van der Waals surface area contributed by atoms with E-state index in [0.29, 0.717) is 18.6 Å². The molecule has 2 aromatic carbocycles. The topological polar surface area (TPSA) is 46.5 Å². The molecule has 0 bridgehead atoms. The van der Waals surface area contributed by atoms with E-state index in [2.05, 4.69) is 24.3 Å². The van der Waals surface area contributed by atoms with Crippen LogP contribution in [0.5, 0.6) is 0 Å². The number of hydrogen-bond donors (Lipinski definition) is 1. The maximum absolute atomic E-state index is 11.8. The molecule has 1 unspecified atom stereocenters. The third-order valence-corrected chi connectivity index (χ3v) is 5.21. The normalized spacial score (nSPS) is 23.5. The predicted molar refractivity (Wildman–Crippen MR) is 94.1 cm³/mol. The number of carbonyl (C=O) groups is 1. The second-order valence-electron chi connectivity index (χ2n) is 7.07. The minimum Gasteiger partial charge on any atom is -0.423 e. The first kappa shape index (κ1) is 15.2. The molecule has 3 heteroatoms. The summed E-state index contributed by atoms with van der Waals surface area (Å²) in [6.07, 6.45) is 2.47. The molecule has 0 saturated carbocycles. The molecule has 1 aliphatic heterocycles. The van der Waals surface area contributed by atoms with Crippen molar-refractivity contribution in [3.8, 4) is 0 Å². The van der Waals surface area contributed by atoms with E-state index in [0.717, 1.165) is 22.1 Å². The lowest BCUT2D eigenvalue weighted by Crippen LogP contribution is -2.38. The molecule has 2 aromatic rings. The first-order valence-electron chi connectivity index (χ1n) is 8.34. The number of fused-ring (bicyclic) bond motifs is 2. The second kappa shape index (κ2) is 5.32. The van der Waals surface area contributed by atoms with Gasteiger partial charge in [-0.05, 0) is 28.3 Å². The molecule has 1 atom stereocenters. The Morgan fingerprint density at radius 1 is 1.08 bits per heavy atom. The smallest absolute Gasteiger partial charge is 0.336 e. The van der Waals surface area contributed by atoms with Crippen molar-refractivity contribution in [3.63, 3.8) is 0 Å². The highest BCUT2D eigenvalue weighted by Crippen LogP contribution is 2.46. The lowest BCUT2D eigenvalue weighted by molar-refractivity contribution is -0.132. The molecule has 1 N–H and O–H groups in total. The van der Waals surface area contributed by atoms with Crippen LogP contribution in [0.1, 0.15) is 32.3 Å². The lowest BCUT2D eigenvalue weighted by Gasteiger charge is -2.37. The van der Waals surface area contributed by atoms with E-state index in [4.69, 9.17) is 4.74 Å². The van der Waals surface area contributed by atoms with Crippen molar-refractivity contribution >= 4 is 22.3 Å². The molecule has 0 radical (unpaired) electrons. The highest BCUT2D eigenvalue weighted by Gasteiger charge is 2.42. The summed E-state index contributed by atoms with van der Waals surface area (Å²) in [4.78, 5) is 11.8. The molecule has 0 amide bonds. The Kier molecular flexibility index (Phi) is 3.36. The molecule has 0 spiro atoms. The fraction of sp³-hybridized carbons (Fsp3) is 0.286. The summed E-state index contributed by atoms with van der Waals surface area (Å²) < 4.78 is 5.45. The lowest BCUT2D eigenvalue weighted by atomic mass is 9.73. The summed E-state index contributed by atoms with van der Waals surface area (Å²) in [5, 5.41) is 13.4. The minimum atomic E-state index is -0.857. The third-order valence-electron chi connectivity index (χ3n) is 5.21. The summed E-state index contributed by atoms with van der Waals surface area (Å²) in [5.74, 6) is 0.387. The van der Waals surface area contributed by atoms with E-state index in [1.165, 1.54) is 11.5 Å². The fourth-order valence-corrected chi connectivity index (χ4v) is 3.59. The SMILES string of the molecule is CC(C)C1(O)CC2=CC(=O)OC2=C(c2ccc3ccccc3c2)C1. The molecule has 0 aromatic heterocycles. The Hall–Kier alpha value is -2.39. The van der Waals surface area contributed by atoms with Crippen molar-refractivity contribution in [2.45, 2.75) is 32.3 Å². The Morgan fingerprint density at radius 3 is 2.58 bits per heavy atom. The van der Waals surface area contributed by atoms with Gasteiger partial charge in [-0.25, -0.2) is 4.79 Å². The third kappa shape index (κ3) is 2.36. The van der Waals surface area contributed by atoms with Gasteiger partial charge in [-0.15, -0.1) is 0 Å². The molecule has 1 heterocycles. The van der Waals surface area contributed by atoms with Crippen molar-refractivity contribution in [2.75, 3.05) is 0 Å². The Labute approximate surface area is 141 Å². The van der Waals surface area contributed by atoms with Crippen LogP contribution in [0.25, 0.3) is 16.3 Å². The molecule has 1 aliphatic carbocycles. The van der Waals surface area contributed by atoms with Gasteiger partial charge in [0.25, 0.3) is 0 Å². The van der Waals surface area contributed by atoms with Gasteiger partial charge >= 0.3 is 5.97 Å². The van der Waals surface area contributed by atoms with E-state index in [-0.39, 0.29) is 11.9 Å². The van der Waals surface area contributed by atoms with Crippen LogP contribution in [-0.2, 0) is 9.53 Å². The number of allylic oxidation sites excluding steroid dienone is 1. The van der Waals surface area contributed by atoms with Gasteiger partial charge in [-0.1, -0.05) is 50.2 Å². The average molecular weight is 320 g/mol. The molecule has 0 fully saturated rings. The van der Waals surface area contributed by atoms with Crippen LogP contribution in [0.2, 0.25) is 0 Å². The first-order valence-corrected chi connectivity index (χ1v) is 8.34. The first-order chi connectivity index (χ1) is 11.5. The summed E-state index contributed by atoms with van der Waals surface area (Å²) >= 11 is 0.